The Morgan fingerprint density at radius 3 is 2.65 bits per heavy atom. The van der Waals surface area contributed by atoms with Crippen LogP contribution in [0.1, 0.15) is 56.7 Å². The number of amides is 2. The maximum Gasteiger partial charge on any atom is 0.251 e. The molecular formula is C25H26N2O3S. The first-order valence-electron chi connectivity index (χ1n) is 10.3. The maximum absolute atomic E-state index is 12.8. The van der Waals surface area contributed by atoms with Gasteiger partial charge in [0.15, 0.2) is 0 Å². The fourth-order valence-corrected chi connectivity index (χ4v) is 5.13. The summed E-state index contributed by atoms with van der Waals surface area (Å²) in [6.45, 7) is 6.57. The first-order chi connectivity index (χ1) is 14.9. The first-order valence-corrected chi connectivity index (χ1v) is 11.4. The van der Waals surface area contributed by atoms with Crippen LogP contribution in [0.3, 0.4) is 0 Å². The van der Waals surface area contributed by atoms with E-state index in [1.807, 2.05) is 48.2 Å². The van der Waals surface area contributed by atoms with Crippen LogP contribution in [-0.4, -0.2) is 22.5 Å². The van der Waals surface area contributed by atoms with Crippen molar-refractivity contribution < 1.29 is 14.0 Å². The van der Waals surface area contributed by atoms with Crippen molar-refractivity contribution in [1.82, 2.24) is 10.2 Å². The molecule has 0 spiro atoms. The van der Waals surface area contributed by atoms with Crippen LogP contribution >= 0.6 is 11.8 Å². The fourth-order valence-electron chi connectivity index (χ4n) is 3.94. The van der Waals surface area contributed by atoms with Gasteiger partial charge in [-0.3, -0.25) is 9.59 Å². The molecule has 4 rings (SSSR count). The number of rotatable bonds is 6. The Morgan fingerprint density at radius 2 is 1.97 bits per heavy atom. The molecule has 160 valence electrons. The second-order valence-corrected chi connectivity index (χ2v) is 9.01. The summed E-state index contributed by atoms with van der Waals surface area (Å²) in [5, 5.41) is 3.01. The van der Waals surface area contributed by atoms with Crippen LogP contribution in [0.2, 0.25) is 0 Å². The summed E-state index contributed by atoms with van der Waals surface area (Å²) in [5.41, 5.74) is 5.10. The zero-order valence-electron chi connectivity index (χ0n) is 17.9. The van der Waals surface area contributed by atoms with Gasteiger partial charge in [-0.15, -0.1) is 11.8 Å². The quantitative estimate of drug-likeness (QED) is 0.582. The lowest BCUT2D eigenvalue weighted by molar-refractivity contribution is -0.128. The summed E-state index contributed by atoms with van der Waals surface area (Å²) < 4.78 is 5.41. The second kappa shape index (κ2) is 9.02. The van der Waals surface area contributed by atoms with E-state index in [1.54, 1.807) is 18.0 Å². The number of hydrogen-bond acceptors (Lipinski definition) is 4. The number of furan rings is 1. The van der Waals surface area contributed by atoms with Gasteiger partial charge in [-0.25, -0.2) is 0 Å². The average Bonchev–Trinajstić information content (AvgIpc) is 3.38. The van der Waals surface area contributed by atoms with Crippen LogP contribution in [0.25, 0.3) is 0 Å². The second-order valence-electron chi connectivity index (χ2n) is 7.94. The van der Waals surface area contributed by atoms with Crippen LogP contribution < -0.4 is 5.32 Å². The number of thioether (sulfide) groups is 1. The Bertz CT molecular complexity index is 1080. The fraction of sp³-hybridized carbons (Fsp3) is 0.280. The number of benzene rings is 2. The molecule has 1 aliphatic rings. The lowest BCUT2D eigenvalue weighted by Crippen LogP contribution is -2.28. The van der Waals surface area contributed by atoms with E-state index >= 15 is 0 Å². The minimum atomic E-state index is -0.110. The largest absolute Gasteiger partial charge is 0.467 e. The molecule has 31 heavy (non-hydrogen) atoms. The molecule has 2 heterocycles. The maximum atomic E-state index is 12.8. The molecule has 2 atom stereocenters. The molecule has 1 fully saturated rings. The molecule has 1 aliphatic heterocycles. The van der Waals surface area contributed by atoms with Gasteiger partial charge < -0.3 is 14.6 Å². The molecular weight excluding hydrogens is 408 g/mol. The number of nitrogens with zero attached hydrogens (tertiary/aromatic N) is 1. The average molecular weight is 435 g/mol. The predicted molar refractivity (Wildman–Crippen MR) is 123 cm³/mol. The highest BCUT2D eigenvalue weighted by atomic mass is 32.2. The van der Waals surface area contributed by atoms with E-state index in [0.717, 1.165) is 16.9 Å². The summed E-state index contributed by atoms with van der Waals surface area (Å²) in [7, 11) is 0. The van der Waals surface area contributed by atoms with E-state index < -0.39 is 0 Å². The van der Waals surface area contributed by atoms with Crippen molar-refractivity contribution in [2.75, 3.05) is 5.75 Å². The Morgan fingerprint density at radius 1 is 1.19 bits per heavy atom. The van der Waals surface area contributed by atoms with Gasteiger partial charge in [-0.2, -0.15) is 0 Å². The summed E-state index contributed by atoms with van der Waals surface area (Å²) >= 11 is 1.59. The highest BCUT2D eigenvalue weighted by Gasteiger charge is 2.33. The van der Waals surface area contributed by atoms with Crippen LogP contribution in [0, 0.1) is 13.8 Å². The van der Waals surface area contributed by atoms with Crippen molar-refractivity contribution in [3.63, 3.8) is 0 Å². The van der Waals surface area contributed by atoms with Gasteiger partial charge in [0.2, 0.25) is 5.91 Å². The summed E-state index contributed by atoms with van der Waals surface area (Å²) in [5.74, 6) is 1.19. The van der Waals surface area contributed by atoms with E-state index in [1.165, 1.54) is 11.1 Å². The van der Waals surface area contributed by atoms with Crippen molar-refractivity contribution in [3.8, 4) is 0 Å². The number of nitrogens with one attached hydrogen (secondary N) is 1. The Hall–Kier alpha value is -2.99. The molecule has 0 bridgehead atoms. The molecule has 2 aromatic carbocycles. The molecule has 6 heteroatoms. The SMILES string of the molecule is Cc1ccc([C@@H](C)NC(=O)c2ccc([C@@H]3SCC(=O)N3Cc3ccco3)cc2)c(C)c1. The van der Waals surface area contributed by atoms with Gasteiger partial charge in [-0.05, 0) is 61.7 Å². The number of aryl methyl sites for hydroxylation is 2. The van der Waals surface area contributed by atoms with Gasteiger partial charge in [0, 0.05) is 5.56 Å². The number of carbonyl (C=O) groups is 2. The highest BCUT2D eigenvalue weighted by molar-refractivity contribution is 8.00. The van der Waals surface area contributed by atoms with E-state index in [4.69, 9.17) is 4.42 Å². The molecule has 1 N–H and O–H groups in total. The van der Waals surface area contributed by atoms with Crippen molar-refractivity contribution in [2.45, 2.75) is 38.7 Å². The van der Waals surface area contributed by atoms with E-state index in [-0.39, 0.29) is 23.2 Å². The van der Waals surface area contributed by atoms with Crippen LogP contribution in [0.5, 0.6) is 0 Å². The zero-order chi connectivity index (χ0) is 22.0. The van der Waals surface area contributed by atoms with Crippen LogP contribution in [0.15, 0.2) is 65.3 Å². The molecule has 0 aliphatic carbocycles. The van der Waals surface area contributed by atoms with E-state index in [9.17, 15) is 9.59 Å². The smallest absolute Gasteiger partial charge is 0.251 e. The molecule has 0 unspecified atom stereocenters. The summed E-state index contributed by atoms with van der Waals surface area (Å²) in [6, 6.07) is 17.4. The zero-order valence-corrected chi connectivity index (χ0v) is 18.7. The van der Waals surface area contributed by atoms with Gasteiger partial charge in [-0.1, -0.05) is 35.9 Å². The van der Waals surface area contributed by atoms with Crippen LogP contribution in [0.4, 0.5) is 0 Å². The molecule has 0 saturated carbocycles. The summed E-state index contributed by atoms with van der Waals surface area (Å²) in [4.78, 5) is 27.0. The topological polar surface area (TPSA) is 62.6 Å². The summed E-state index contributed by atoms with van der Waals surface area (Å²) in [6.07, 6.45) is 1.62. The lowest BCUT2D eigenvalue weighted by atomic mass is 10.00. The molecule has 2 amide bonds. The van der Waals surface area contributed by atoms with Crippen molar-refractivity contribution in [1.29, 1.82) is 0 Å². The predicted octanol–water partition coefficient (Wildman–Crippen LogP) is 5.16. The van der Waals surface area contributed by atoms with Crippen LogP contribution in [-0.2, 0) is 11.3 Å². The minimum absolute atomic E-state index is 0.0798. The van der Waals surface area contributed by atoms with E-state index in [0.29, 0.717) is 17.9 Å². The monoisotopic (exact) mass is 434 g/mol. The van der Waals surface area contributed by atoms with Gasteiger partial charge in [0.25, 0.3) is 5.91 Å². The van der Waals surface area contributed by atoms with Gasteiger partial charge in [0.05, 0.1) is 24.6 Å². The number of carbonyl (C=O) groups excluding carboxylic acids is 2. The molecule has 0 radical (unpaired) electrons. The van der Waals surface area contributed by atoms with Gasteiger partial charge >= 0.3 is 0 Å². The lowest BCUT2D eigenvalue weighted by Gasteiger charge is -2.23. The van der Waals surface area contributed by atoms with Crippen molar-refractivity contribution in [2.24, 2.45) is 0 Å². The number of hydrogen-bond donors (Lipinski definition) is 1. The minimum Gasteiger partial charge on any atom is -0.467 e. The van der Waals surface area contributed by atoms with Crippen molar-refractivity contribution in [3.05, 3.63) is 94.4 Å². The Kier molecular flexibility index (Phi) is 6.18. The molecule has 3 aromatic rings. The third-order valence-electron chi connectivity index (χ3n) is 5.57. The Balaban J connectivity index is 1.44. The molecule has 1 aromatic heterocycles. The first kappa shape index (κ1) is 21.2. The normalized spacial score (nSPS) is 17.1. The van der Waals surface area contributed by atoms with Crippen molar-refractivity contribution >= 4 is 23.6 Å². The molecule has 1 saturated heterocycles. The standard InChI is InChI=1S/C25H26N2O3S/c1-16-6-11-22(17(2)13-16)18(3)26-24(29)19-7-9-20(10-8-19)25-27(23(28)15-31-25)14-21-5-4-12-30-21/h4-13,18,25H,14-15H2,1-3H3,(H,26,29)/t18-,25+/m1/s1. The highest BCUT2D eigenvalue weighted by Crippen LogP contribution is 2.39. The van der Waals surface area contributed by atoms with Gasteiger partial charge in [0.1, 0.15) is 11.1 Å². The third kappa shape index (κ3) is 4.69. The molecule has 5 nitrogen and oxygen atoms in total. The Labute approximate surface area is 186 Å². The van der Waals surface area contributed by atoms with E-state index in [2.05, 4.69) is 37.4 Å². The third-order valence-corrected chi connectivity index (χ3v) is 6.83.